The average molecular weight is 445 g/mol. The number of nitrogens with zero attached hydrogens (tertiary/aromatic N) is 5. The second kappa shape index (κ2) is 9.75. The average Bonchev–Trinajstić information content (AvgIpc) is 3.04. The summed E-state index contributed by atoms with van der Waals surface area (Å²) in [4.78, 5) is 66.4. The van der Waals surface area contributed by atoms with Crippen LogP contribution in [0, 0.1) is 10.1 Å². The molecule has 0 aliphatic carbocycles. The molecule has 0 bridgehead atoms. The minimum absolute atomic E-state index is 0.0181. The summed E-state index contributed by atoms with van der Waals surface area (Å²) in [5, 5.41) is 10.9. The molecule has 32 heavy (non-hydrogen) atoms. The number of piperazine rings is 1. The molecule has 1 fully saturated rings. The smallest absolute Gasteiger partial charge is 0.320 e. The third-order valence-corrected chi connectivity index (χ3v) is 5.87. The van der Waals surface area contributed by atoms with E-state index >= 15 is 0 Å². The van der Waals surface area contributed by atoms with Crippen LogP contribution in [0.5, 0.6) is 0 Å². The van der Waals surface area contributed by atoms with Crippen LogP contribution in [0.4, 0.5) is 10.5 Å². The van der Waals surface area contributed by atoms with Gasteiger partial charge in [0.25, 0.3) is 17.5 Å². The van der Waals surface area contributed by atoms with Crippen molar-refractivity contribution in [1.82, 2.24) is 19.6 Å². The van der Waals surface area contributed by atoms with E-state index in [1.165, 1.54) is 12.1 Å². The maximum absolute atomic E-state index is 12.5. The van der Waals surface area contributed by atoms with Gasteiger partial charge in [0.1, 0.15) is 0 Å². The summed E-state index contributed by atoms with van der Waals surface area (Å²) >= 11 is 0. The molecule has 3 rings (SSSR count). The van der Waals surface area contributed by atoms with Crippen molar-refractivity contribution in [1.29, 1.82) is 0 Å². The Balaban J connectivity index is 1.48. The molecule has 0 spiro atoms. The second-order valence-corrected chi connectivity index (χ2v) is 7.68. The zero-order chi connectivity index (χ0) is 23.4. The Bertz CT molecular complexity index is 937. The summed E-state index contributed by atoms with van der Waals surface area (Å²) < 4.78 is 0. The lowest BCUT2D eigenvalue weighted by molar-refractivity contribution is -0.384. The van der Waals surface area contributed by atoms with Gasteiger partial charge in [-0.1, -0.05) is 0 Å². The van der Waals surface area contributed by atoms with E-state index in [0.29, 0.717) is 45.7 Å². The van der Waals surface area contributed by atoms with Gasteiger partial charge in [0.05, 0.1) is 16.1 Å². The summed E-state index contributed by atoms with van der Waals surface area (Å²) in [6.45, 7) is 7.03. The molecule has 0 N–H and O–H groups in total. The quantitative estimate of drug-likeness (QED) is 0.356. The number of imide groups is 1. The molecule has 1 aromatic carbocycles. The largest absolute Gasteiger partial charge is 0.339 e. The van der Waals surface area contributed by atoms with Crippen molar-refractivity contribution in [2.75, 3.05) is 45.8 Å². The first-order valence-electron chi connectivity index (χ1n) is 10.7. The molecule has 0 atom stereocenters. The number of carbonyl (C=O) groups is 4. The molecule has 1 aromatic rings. The van der Waals surface area contributed by atoms with Gasteiger partial charge < -0.3 is 14.7 Å². The van der Waals surface area contributed by atoms with Crippen LogP contribution in [-0.2, 0) is 4.79 Å². The van der Waals surface area contributed by atoms with Crippen LogP contribution in [0.2, 0.25) is 0 Å². The molecule has 11 nitrogen and oxygen atoms in total. The lowest BCUT2D eigenvalue weighted by Gasteiger charge is -2.37. The molecule has 2 heterocycles. The number of carbonyl (C=O) groups excluding carboxylic acids is 4. The number of non-ortho nitro benzene ring substituents is 1. The number of urea groups is 1. The Hall–Kier alpha value is -3.50. The monoisotopic (exact) mass is 445 g/mol. The topological polar surface area (TPSA) is 124 Å². The summed E-state index contributed by atoms with van der Waals surface area (Å²) in [5.41, 5.74) is -0.0917. The van der Waals surface area contributed by atoms with E-state index in [0.717, 1.165) is 11.0 Å². The maximum atomic E-state index is 12.5. The van der Waals surface area contributed by atoms with E-state index in [-0.39, 0.29) is 41.7 Å². The molecule has 0 radical (unpaired) electrons. The van der Waals surface area contributed by atoms with Gasteiger partial charge in [0, 0.05) is 64.4 Å². The van der Waals surface area contributed by atoms with Gasteiger partial charge in [-0.25, -0.2) is 4.79 Å². The van der Waals surface area contributed by atoms with E-state index in [4.69, 9.17) is 0 Å². The molecular formula is C21H27N5O6. The third-order valence-electron chi connectivity index (χ3n) is 5.87. The second-order valence-electron chi connectivity index (χ2n) is 7.68. The molecule has 0 unspecified atom stereocenters. The predicted molar refractivity (Wildman–Crippen MR) is 114 cm³/mol. The van der Waals surface area contributed by atoms with Crippen LogP contribution in [0.3, 0.4) is 0 Å². The number of hydrogen-bond donors (Lipinski definition) is 0. The van der Waals surface area contributed by atoms with Crippen molar-refractivity contribution in [2.24, 2.45) is 0 Å². The Kier molecular flexibility index (Phi) is 7.06. The number of hydrogen-bond acceptors (Lipinski definition) is 6. The summed E-state index contributed by atoms with van der Waals surface area (Å²) in [6, 6.07) is 3.58. The van der Waals surface area contributed by atoms with E-state index in [2.05, 4.69) is 0 Å². The molecule has 11 heteroatoms. The molecule has 172 valence electrons. The summed E-state index contributed by atoms with van der Waals surface area (Å²) in [6.07, 6.45) is 0.461. The van der Waals surface area contributed by atoms with Crippen molar-refractivity contribution < 1.29 is 24.1 Å². The van der Waals surface area contributed by atoms with Gasteiger partial charge in [-0.15, -0.1) is 0 Å². The maximum Gasteiger partial charge on any atom is 0.320 e. The Morgan fingerprint density at radius 2 is 1.59 bits per heavy atom. The van der Waals surface area contributed by atoms with Crippen LogP contribution in [-0.4, -0.2) is 94.1 Å². The molecule has 0 saturated carbocycles. The van der Waals surface area contributed by atoms with Crippen LogP contribution in [0.1, 0.15) is 47.4 Å². The van der Waals surface area contributed by atoms with Crippen molar-refractivity contribution in [3.8, 4) is 0 Å². The van der Waals surface area contributed by atoms with Gasteiger partial charge in [-0.05, 0) is 26.3 Å². The van der Waals surface area contributed by atoms with Crippen LogP contribution < -0.4 is 0 Å². The lowest BCUT2D eigenvalue weighted by atomic mass is 10.1. The zero-order valence-corrected chi connectivity index (χ0v) is 18.3. The molecule has 5 amide bonds. The van der Waals surface area contributed by atoms with E-state index in [1.54, 1.807) is 14.7 Å². The van der Waals surface area contributed by atoms with E-state index in [9.17, 15) is 29.3 Å². The summed E-state index contributed by atoms with van der Waals surface area (Å²) in [7, 11) is 0. The van der Waals surface area contributed by atoms with Gasteiger partial charge in [0.15, 0.2) is 0 Å². The Labute approximate surface area is 185 Å². The number of nitro groups is 1. The SMILES string of the molecule is CCN(CC)C(=O)N1CCN(C(=O)CCCN2C(=O)c3ccc([N+](=O)[O-])cc3C2=O)CC1. The molecule has 2 aliphatic rings. The standard InChI is InChI=1S/C21H27N5O6/c1-3-22(4-2)21(30)24-12-10-23(11-13-24)18(27)6-5-9-25-19(28)16-8-7-15(26(31)32)14-17(16)20(25)29/h7-8,14H,3-6,9-13H2,1-2H3. The predicted octanol–water partition coefficient (Wildman–Crippen LogP) is 1.58. The number of amides is 5. The van der Waals surface area contributed by atoms with Gasteiger partial charge in [0.2, 0.25) is 5.91 Å². The highest BCUT2D eigenvalue weighted by Gasteiger charge is 2.36. The lowest BCUT2D eigenvalue weighted by Crippen LogP contribution is -2.54. The Morgan fingerprint density at radius 3 is 2.19 bits per heavy atom. The van der Waals surface area contributed by atoms with E-state index < -0.39 is 16.7 Å². The first-order valence-corrected chi connectivity index (χ1v) is 10.7. The number of rotatable bonds is 7. The molecular weight excluding hydrogens is 418 g/mol. The summed E-state index contributed by atoms with van der Waals surface area (Å²) in [5.74, 6) is -1.17. The van der Waals surface area contributed by atoms with Gasteiger partial charge in [-0.3, -0.25) is 29.4 Å². The Morgan fingerprint density at radius 1 is 1.00 bits per heavy atom. The third kappa shape index (κ3) is 4.56. The van der Waals surface area contributed by atoms with Crippen LogP contribution in [0.25, 0.3) is 0 Å². The fourth-order valence-corrected chi connectivity index (χ4v) is 3.98. The van der Waals surface area contributed by atoms with Crippen molar-refractivity contribution >= 4 is 29.4 Å². The number of nitro benzene ring substituents is 1. The number of benzene rings is 1. The normalized spacial score (nSPS) is 15.8. The minimum atomic E-state index is -0.616. The minimum Gasteiger partial charge on any atom is -0.339 e. The van der Waals surface area contributed by atoms with E-state index in [1.807, 2.05) is 13.8 Å². The fourth-order valence-electron chi connectivity index (χ4n) is 3.98. The van der Waals surface area contributed by atoms with Gasteiger partial charge in [-0.2, -0.15) is 0 Å². The first-order chi connectivity index (χ1) is 15.3. The highest BCUT2D eigenvalue weighted by atomic mass is 16.6. The first kappa shape index (κ1) is 23.2. The van der Waals surface area contributed by atoms with Crippen LogP contribution in [0.15, 0.2) is 18.2 Å². The van der Waals surface area contributed by atoms with Crippen molar-refractivity contribution in [3.63, 3.8) is 0 Å². The molecule has 0 aromatic heterocycles. The highest BCUT2D eigenvalue weighted by Crippen LogP contribution is 2.27. The van der Waals surface area contributed by atoms with Gasteiger partial charge >= 0.3 is 6.03 Å². The molecule has 1 saturated heterocycles. The van der Waals surface area contributed by atoms with Crippen molar-refractivity contribution in [2.45, 2.75) is 26.7 Å². The zero-order valence-electron chi connectivity index (χ0n) is 18.3. The highest BCUT2D eigenvalue weighted by molar-refractivity contribution is 6.21. The fraction of sp³-hybridized carbons (Fsp3) is 0.524. The molecule has 2 aliphatic heterocycles. The van der Waals surface area contributed by atoms with Crippen LogP contribution >= 0.6 is 0 Å². The number of fused-ring (bicyclic) bond motifs is 1. The van der Waals surface area contributed by atoms with Crippen molar-refractivity contribution in [3.05, 3.63) is 39.4 Å².